The van der Waals surface area contributed by atoms with Gasteiger partial charge >= 0.3 is 12.6 Å². The summed E-state index contributed by atoms with van der Waals surface area (Å²) < 4.78 is 33.4. The van der Waals surface area contributed by atoms with Gasteiger partial charge in [-0.15, -0.1) is 0 Å². The molecule has 1 heterocycles. The Hall–Kier alpha value is -2.18. The molecule has 0 N–H and O–H groups in total. The predicted molar refractivity (Wildman–Crippen MR) is 73.7 cm³/mol. The molecule has 0 radical (unpaired) electrons. The number of amides is 1. The second-order valence-corrected chi connectivity index (χ2v) is 5.00. The lowest BCUT2D eigenvalue weighted by atomic mass is 9.96. The van der Waals surface area contributed by atoms with Gasteiger partial charge in [0.25, 0.3) is 5.91 Å². The standard InChI is InChI=1S/C15H17F2NO4/c1-21-14(20)10-5-7-18(8-6-10)13(19)11-3-2-4-12(9-11)22-15(16)17/h2-4,9-10,15H,5-8H2,1H3. The van der Waals surface area contributed by atoms with Crippen LogP contribution < -0.4 is 4.74 Å². The minimum absolute atomic E-state index is 0.0507. The number of likely N-dealkylation sites (tertiary alicyclic amines) is 1. The van der Waals surface area contributed by atoms with Crippen molar-refractivity contribution in [2.75, 3.05) is 20.2 Å². The summed E-state index contributed by atoms with van der Waals surface area (Å²) in [5.74, 6) is -0.768. The number of methoxy groups -OCH3 is 1. The van der Waals surface area contributed by atoms with Gasteiger partial charge in [0.15, 0.2) is 0 Å². The summed E-state index contributed by atoms with van der Waals surface area (Å²) in [5.41, 5.74) is 0.287. The first-order chi connectivity index (χ1) is 10.5. The molecule has 1 aromatic carbocycles. The van der Waals surface area contributed by atoms with Crippen molar-refractivity contribution in [2.24, 2.45) is 5.92 Å². The van der Waals surface area contributed by atoms with Gasteiger partial charge in [-0.05, 0) is 31.0 Å². The molecule has 1 saturated heterocycles. The van der Waals surface area contributed by atoms with Gasteiger partial charge in [0.2, 0.25) is 0 Å². The van der Waals surface area contributed by atoms with Gasteiger partial charge in [0.05, 0.1) is 13.0 Å². The SMILES string of the molecule is COC(=O)C1CCN(C(=O)c2cccc(OC(F)F)c2)CC1. The molecule has 1 fully saturated rings. The van der Waals surface area contributed by atoms with Crippen LogP contribution in [-0.2, 0) is 9.53 Å². The van der Waals surface area contributed by atoms with Gasteiger partial charge in [-0.25, -0.2) is 0 Å². The minimum atomic E-state index is -2.93. The van der Waals surface area contributed by atoms with Crippen LogP contribution in [-0.4, -0.2) is 43.6 Å². The maximum Gasteiger partial charge on any atom is 0.387 e. The van der Waals surface area contributed by atoms with Crippen molar-refractivity contribution < 1.29 is 27.8 Å². The minimum Gasteiger partial charge on any atom is -0.469 e. The van der Waals surface area contributed by atoms with E-state index in [1.165, 1.54) is 25.3 Å². The van der Waals surface area contributed by atoms with Crippen molar-refractivity contribution in [1.29, 1.82) is 0 Å². The van der Waals surface area contributed by atoms with E-state index in [1.54, 1.807) is 11.0 Å². The van der Waals surface area contributed by atoms with Crippen LogP contribution in [0.2, 0.25) is 0 Å². The number of halogens is 2. The Balaban J connectivity index is 1.99. The molecule has 0 spiro atoms. The van der Waals surface area contributed by atoms with E-state index in [1.807, 2.05) is 0 Å². The van der Waals surface area contributed by atoms with Crippen molar-refractivity contribution >= 4 is 11.9 Å². The molecular weight excluding hydrogens is 296 g/mol. The average Bonchev–Trinajstić information content (AvgIpc) is 2.53. The molecule has 0 bridgehead atoms. The van der Waals surface area contributed by atoms with E-state index >= 15 is 0 Å². The number of hydrogen-bond acceptors (Lipinski definition) is 4. The highest BCUT2D eigenvalue weighted by molar-refractivity contribution is 5.94. The number of hydrogen-bond donors (Lipinski definition) is 0. The van der Waals surface area contributed by atoms with Crippen LogP contribution in [0, 0.1) is 5.92 Å². The highest BCUT2D eigenvalue weighted by Crippen LogP contribution is 2.22. The molecule has 0 saturated carbocycles. The van der Waals surface area contributed by atoms with E-state index in [0.29, 0.717) is 25.9 Å². The third-order valence-corrected chi connectivity index (χ3v) is 3.62. The molecule has 120 valence electrons. The smallest absolute Gasteiger partial charge is 0.387 e. The topological polar surface area (TPSA) is 55.8 Å². The van der Waals surface area contributed by atoms with Gasteiger partial charge in [0, 0.05) is 18.7 Å². The van der Waals surface area contributed by atoms with Gasteiger partial charge in [-0.3, -0.25) is 9.59 Å². The lowest BCUT2D eigenvalue weighted by Gasteiger charge is -2.30. The third-order valence-electron chi connectivity index (χ3n) is 3.62. The van der Waals surface area contributed by atoms with Gasteiger partial charge in [0.1, 0.15) is 5.75 Å². The fourth-order valence-corrected chi connectivity index (χ4v) is 2.47. The fraction of sp³-hybridized carbons (Fsp3) is 0.467. The van der Waals surface area contributed by atoms with Crippen LogP contribution >= 0.6 is 0 Å². The van der Waals surface area contributed by atoms with Crippen LogP contribution in [0.4, 0.5) is 8.78 Å². The molecule has 1 aromatic rings. The molecule has 5 nitrogen and oxygen atoms in total. The molecule has 1 amide bonds. The quantitative estimate of drug-likeness (QED) is 0.801. The maximum absolute atomic E-state index is 12.4. The van der Waals surface area contributed by atoms with Crippen LogP contribution in [0.25, 0.3) is 0 Å². The number of carbonyl (C=O) groups excluding carboxylic acids is 2. The summed E-state index contributed by atoms with van der Waals surface area (Å²) in [7, 11) is 1.34. The molecule has 0 atom stereocenters. The van der Waals surface area contributed by atoms with Gasteiger partial charge in [-0.2, -0.15) is 8.78 Å². The third kappa shape index (κ3) is 3.93. The van der Waals surface area contributed by atoms with Crippen LogP contribution in [0.15, 0.2) is 24.3 Å². The van der Waals surface area contributed by atoms with E-state index in [0.717, 1.165) is 0 Å². The molecule has 7 heteroatoms. The van der Waals surface area contributed by atoms with Crippen LogP contribution in [0.3, 0.4) is 0 Å². The number of benzene rings is 1. The van der Waals surface area contributed by atoms with E-state index in [2.05, 4.69) is 4.74 Å². The Kier molecular flexibility index (Phi) is 5.30. The monoisotopic (exact) mass is 313 g/mol. The molecule has 22 heavy (non-hydrogen) atoms. The summed E-state index contributed by atoms with van der Waals surface area (Å²) in [6, 6.07) is 5.70. The number of nitrogens with zero attached hydrogens (tertiary/aromatic N) is 1. The van der Waals surface area contributed by atoms with E-state index in [4.69, 9.17) is 4.74 Å². The normalized spacial score (nSPS) is 15.7. The molecular formula is C15H17F2NO4. The first-order valence-corrected chi connectivity index (χ1v) is 6.93. The Bertz CT molecular complexity index is 542. The Morgan fingerprint density at radius 3 is 2.55 bits per heavy atom. The first kappa shape index (κ1) is 16.2. The van der Waals surface area contributed by atoms with Crippen molar-refractivity contribution in [3.8, 4) is 5.75 Å². The number of piperidine rings is 1. The number of ether oxygens (including phenoxy) is 2. The predicted octanol–water partition coefficient (Wildman–Crippen LogP) is 2.31. The zero-order chi connectivity index (χ0) is 16.1. The maximum atomic E-state index is 12.4. The van der Waals surface area contributed by atoms with E-state index in [-0.39, 0.29) is 29.1 Å². The molecule has 1 aliphatic heterocycles. The second-order valence-electron chi connectivity index (χ2n) is 5.00. The van der Waals surface area contributed by atoms with Gasteiger partial charge < -0.3 is 14.4 Å². The molecule has 1 aliphatic rings. The van der Waals surface area contributed by atoms with Crippen molar-refractivity contribution in [2.45, 2.75) is 19.5 Å². The summed E-state index contributed by atoms with van der Waals surface area (Å²) >= 11 is 0. The second kappa shape index (κ2) is 7.20. The van der Waals surface area contributed by atoms with Crippen LogP contribution in [0.1, 0.15) is 23.2 Å². The Morgan fingerprint density at radius 1 is 1.27 bits per heavy atom. The largest absolute Gasteiger partial charge is 0.469 e. The summed E-state index contributed by atoms with van der Waals surface area (Å²) in [5, 5.41) is 0. The average molecular weight is 313 g/mol. The molecule has 0 aromatic heterocycles. The molecule has 0 aliphatic carbocycles. The fourth-order valence-electron chi connectivity index (χ4n) is 2.47. The van der Waals surface area contributed by atoms with Crippen LogP contribution in [0.5, 0.6) is 5.75 Å². The Morgan fingerprint density at radius 2 is 1.95 bits per heavy atom. The number of alkyl halides is 2. The van der Waals surface area contributed by atoms with Crippen molar-refractivity contribution in [3.63, 3.8) is 0 Å². The lowest BCUT2D eigenvalue weighted by Crippen LogP contribution is -2.40. The number of esters is 1. The van der Waals surface area contributed by atoms with Crippen molar-refractivity contribution in [3.05, 3.63) is 29.8 Å². The van der Waals surface area contributed by atoms with Crippen molar-refractivity contribution in [1.82, 2.24) is 4.90 Å². The number of rotatable bonds is 4. The number of carbonyl (C=O) groups is 2. The molecule has 2 rings (SSSR count). The van der Waals surface area contributed by atoms with E-state index in [9.17, 15) is 18.4 Å². The van der Waals surface area contributed by atoms with E-state index < -0.39 is 6.61 Å². The zero-order valence-corrected chi connectivity index (χ0v) is 12.1. The summed E-state index contributed by atoms with van der Waals surface area (Å²) in [6.45, 7) is -2.07. The molecule has 0 unspecified atom stereocenters. The summed E-state index contributed by atoms with van der Waals surface area (Å²) in [4.78, 5) is 25.4. The first-order valence-electron chi connectivity index (χ1n) is 6.93. The lowest BCUT2D eigenvalue weighted by molar-refractivity contribution is -0.146. The Labute approximate surface area is 126 Å². The van der Waals surface area contributed by atoms with Gasteiger partial charge in [-0.1, -0.05) is 6.07 Å². The highest BCUT2D eigenvalue weighted by Gasteiger charge is 2.28. The zero-order valence-electron chi connectivity index (χ0n) is 12.1. The summed E-state index contributed by atoms with van der Waals surface area (Å²) in [6.07, 6.45) is 1.07. The highest BCUT2D eigenvalue weighted by atomic mass is 19.3.